The first-order valence-corrected chi connectivity index (χ1v) is 5.34. The summed E-state index contributed by atoms with van der Waals surface area (Å²) in [6, 6.07) is 0.425. The first kappa shape index (κ1) is 10.9. The number of rotatable bonds is 5. The lowest BCUT2D eigenvalue weighted by Crippen LogP contribution is -2.42. The van der Waals surface area contributed by atoms with Gasteiger partial charge >= 0.3 is 0 Å². The monoisotopic (exact) mass is 188 g/mol. The maximum Gasteiger partial charge on any atom is 0.102 e. The second-order valence-corrected chi connectivity index (χ2v) is 3.91. The van der Waals surface area contributed by atoms with Crippen LogP contribution in [0.3, 0.4) is 0 Å². The zero-order valence-corrected chi connectivity index (χ0v) is 8.56. The molecular weight excluding hydrogens is 167 g/mol. The zero-order valence-electron chi connectivity index (χ0n) is 8.56. The van der Waals surface area contributed by atoms with E-state index in [0.717, 1.165) is 6.54 Å². The standard InChI is InChI=1S/C10H21FN2/c1-10(12-6-5-11)9-13-7-3-2-4-8-13/h10,12H,2-9H2,1H3. The van der Waals surface area contributed by atoms with Gasteiger partial charge in [-0.05, 0) is 32.9 Å². The highest BCUT2D eigenvalue weighted by atomic mass is 19.1. The first-order chi connectivity index (χ1) is 6.33. The van der Waals surface area contributed by atoms with E-state index in [9.17, 15) is 4.39 Å². The minimum Gasteiger partial charge on any atom is -0.310 e. The molecule has 1 aliphatic rings. The summed E-state index contributed by atoms with van der Waals surface area (Å²) >= 11 is 0. The van der Waals surface area contributed by atoms with Crippen LogP contribution >= 0.6 is 0 Å². The number of nitrogens with one attached hydrogen (secondary N) is 1. The van der Waals surface area contributed by atoms with Gasteiger partial charge in [0, 0.05) is 19.1 Å². The third-order valence-corrected chi connectivity index (χ3v) is 2.57. The molecule has 0 saturated carbocycles. The van der Waals surface area contributed by atoms with E-state index in [1.165, 1.54) is 32.4 Å². The largest absolute Gasteiger partial charge is 0.310 e. The van der Waals surface area contributed by atoms with Crippen LogP contribution in [0.1, 0.15) is 26.2 Å². The Bertz CT molecular complexity index is 124. The predicted octanol–water partition coefficient (Wildman–Crippen LogP) is 1.42. The summed E-state index contributed by atoms with van der Waals surface area (Å²) < 4.78 is 11.9. The van der Waals surface area contributed by atoms with Crippen LogP contribution in [-0.2, 0) is 0 Å². The Kier molecular flexibility index (Phi) is 5.32. The lowest BCUT2D eigenvalue weighted by Gasteiger charge is -2.29. The normalized spacial score (nSPS) is 21.7. The van der Waals surface area contributed by atoms with Crippen molar-refractivity contribution in [3.05, 3.63) is 0 Å². The molecule has 1 N–H and O–H groups in total. The number of hydrogen-bond donors (Lipinski definition) is 1. The third-order valence-electron chi connectivity index (χ3n) is 2.57. The van der Waals surface area contributed by atoms with Crippen molar-refractivity contribution in [3.8, 4) is 0 Å². The topological polar surface area (TPSA) is 15.3 Å². The summed E-state index contributed by atoms with van der Waals surface area (Å²) in [6.45, 7) is 5.88. The van der Waals surface area contributed by atoms with Crippen molar-refractivity contribution in [1.82, 2.24) is 10.2 Å². The van der Waals surface area contributed by atoms with Crippen LogP contribution in [0.15, 0.2) is 0 Å². The van der Waals surface area contributed by atoms with Crippen LogP contribution in [0.4, 0.5) is 4.39 Å². The summed E-state index contributed by atoms with van der Waals surface area (Å²) in [6.07, 6.45) is 4.04. The third kappa shape index (κ3) is 4.58. The summed E-state index contributed by atoms with van der Waals surface area (Å²) in [7, 11) is 0. The molecule has 1 fully saturated rings. The second-order valence-electron chi connectivity index (χ2n) is 3.91. The summed E-state index contributed by atoms with van der Waals surface area (Å²) in [5.74, 6) is 0. The van der Waals surface area contributed by atoms with Crippen LogP contribution in [0.5, 0.6) is 0 Å². The van der Waals surface area contributed by atoms with Gasteiger partial charge in [0.25, 0.3) is 0 Å². The highest BCUT2D eigenvalue weighted by Crippen LogP contribution is 2.08. The first-order valence-electron chi connectivity index (χ1n) is 5.34. The molecule has 0 spiro atoms. The Labute approximate surface area is 80.5 Å². The molecule has 0 aromatic carbocycles. The van der Waals surface area contributed by atoms with E-state index >= 15 is 0 Å². The van der Waals surface area contributed by atoms with Crippen molar-refractivity contribution in [3.63, 3.8) is 0 Å². The van der Waals surface area contributed by atoms with Crippen LogP contribution in [0.25, 0.3) is 0 Å². The van der Waals surface area contributed by atoms with Crippen molar-refractivity contribution in [2.75, 3.05) is 32.9 Å². The van der Waals surface area contributed by atoms with Gasteiger partial charge < -0.3 is 10.2 Å². The molecule has 0 aliphatic carbocycles. The van der Waals surface area contributed by atoms with Gasteiger partial charge in [-0.1, -0.05) is 6.42 Å². The molecule has 1 atom stereocenters. The number of piperidine rings is 1. The lowest BCUT2D eigenvalue weighted by atomic mass is 10.1. The van der Waals surface area contributed by atoms with E-state index in [1.54, 1.807) is 0 Å². The van der Waals surface area contributed by atoms with Crippen LogP contribution in [0.2, 0.25) is 0 Å². The van der Waals surface area contributed by atoms with Gasteiger partial charge in [0.05, 0.1) is 0 Å². The van der Waals surface area contributed by atoms with Gasteiger partial charge in [-0.15, -0.1) is 0 Å². The smallest absolute Gasteiger partial charge is 0.102 e. The molecule has 1 saturated heterocycles. The highest BCUT2D eigenvalue weighted by molar-refractivity contribution is 4.70. The molecule has 1 heterocycles. The molecular formula is C10H21FN2. The van der Waals surface area contributed by atoms with Crippen LogP contribution in [-0.4, -0.2) is 43.8 Å². The fourth-order valence-corrected chi connectivity index (χ4v) is 1.89. The zero-order chi connectivity index (χ0) is 9.52. The minimum atomic E-state index is -0.260. The highest BCUT2D eigenvalue weighted by Gasteiger charge is 2.12. The van der Waals surface area contributed by atoms with E-state index in [0.29, 0.717) is 12.6 Å². The number of halogens is 1. The molecule has 0 radical (unpaired) electrons. The number of nitrogens with zero attached hydrogens (tertiary/aromatic N) is 1. The molecule has 1 unspecified atom stereocenters. The van der Waals surface area contributed by atoms with Gasteiger partial charge in [0.1, 0.15) is 6.67 Å². The molecule has 0 amide bonds. The maximum absolute atomic E-state index is 11.9. The number of hydrogen-bond acceptors (Lipinski definition) is 2. The molecule has 0 bridgehead atoms. The SMILES string of the molecule is CC(CN1CCCCC1)NCCF. The average Bonchev–Trinajstić information content (AvgIpc) is 2.16. The molecule has 78 valence electrons. The Morgan fingerprint density at radius 3 is 2.62 bits per heavy atom. The van der Waals surface area contributed by atoms with Crippen molar-refractivity contribution >= 4 is 0 Å². The Hall–Kier alpha value is -0.150. The summed E-state index contributed by atoms with van der Waals surface area (Å²) in [5, 5.41) is 3.16. The lowest BCUT2D eigenvalue weighted by molar-refractivity contribution is 0.208. The summed E-state index contributed by atoms with van der Waals surface area (Å²) in [5.41, 5.74) is 0. The maximum atomic E-state index is 11.9. The van der Waals surface area contributed by atoms with Crippen molar-refractivity contribution in [1.29, 1.82) is 0 Å². The average molecular weight is 188 g/mol. The predicted molar refractivity (Wildman–Crippen MR) is 53.7 cm³/mol. The van der Waals surface area contributed by atoms with Gasteiger partial charge in [0.2, 0.25) is 0 Å². The molecule has 3 heteroatoms. The van der Waals surface area contributed by atoms with E-state index in [4.69, 9.17) is 0 Å². The van der Waals surface area contributed by atoms with E-state index in [-0.39, 0.29) is 6.67 Å². The molecule has 13 heavy (non-hydrogen) atoms. The van der Waals surface area contributed by atoms with E-state index in [2.05, 4.69) is 17.1 Å². The Morgan fingerprint density at radius 2 is 2.00 bits per heavy atom. The van der Waals surface area contributed by atoms with Gasteiger partial charge in [-0.2, -0.15) is 0 Å². The van der Waals surface area contributed by atoms with E-state index < -0.39 is 0 Å². The number of likely N-dealkylation sites (tertiary alicyclic amines) is 1. The number of alkyl halides is 1. The molecule has 0 aromatic heterocycles. The molecule has 1 aliphatic heterocycles. The van der Waals surface area contributed by atoms with Gasteiger partial charge in [-0.25, -0.2) is 4.39 Å². The van der Waals surface area contributed by atoms with Gasteiger partial charge in [0.15, 0.2) is 0 Å². The molecule has 2 nitrogen and oxygen atoms in total. The van der Waals surface area contributed by atoms with E-state index in [1.807, 2.05) is 0 Å². The fourth-order valence-electron chi connectivity index (χ4n) is 1.89. The van der Waals surface area contributed by atoms with Crippen LogP contribution < -0.4 is 5.32 Å². The van der Waals surface area contributed by atoms with Gasteiger partial charge in [-0.3, -0.25) is 0 Å². The van der Waals surface area contributed by atoms with Crippen LogP contribution in [0, 0.1) is 0 Å². The molecule has 1 rings (SSSR count). The summed E-state index contributed by atoms with van der Waals surface area (Å²) in [4.78, 5) is 2.47. The Balaban J connectivity index is 2.07. The van der Waals surface area contributed by atoms with Crippen molar-refractivity contribution in [2.45, 2.75) is 32.2 Å². The quantitative estimate of drug-likeness (QED) is 0.702. The Morgan fingerprint density at radius 1 is 1.31 bits per heavy atom. The second kappa shape index (κ2) is 6.33. The van der Waals surface area contributed by atoms with Crippen molar-refractivity contribution < 1.29 is 4.39 Å². The fraction of sp³-hybridized carbons (Fsp3) is 1.00. The van der Waals surface area contributed by atoms with Crippen molar-refractivity contribution in [2.24, 2.45) is 0 Å². The molecule has 0 aromatic rings. The minimum absolute atomic E-state index is 0.260.